The summed E-state index contributed by atoms with van der Waals surface area (Å²) >= 11 is 1.64. The number of benzene rings is 2. The van der Waals surface area contributed by atoms with Crippen molar-refractivity contribution in [3.63, 3.8) is 0 Å². The van der Waals surface area contributed by atoms with Gasteiger partial charge in [-0.15, -0.1) is 10.2 Å². The zero-order valence-electron chi connectivity index (χ0n) is 16.2. The van der Waals surface area contributed by atoms with Gasteiger partial charge in [0.15, 0.2) is 11.0 Å². The summed E-state index contributed by atoms with van der Waals surface area (Å²) in [5, 5.41) is 18.7. The topological polar surface area (TPSA) is 67.0 Å². The number of rotatable bonds is 8. The van der Waals surface area contributed by atoms with Crippen LogP contribution in [0.15, 0.2) is 59.8 Å². The fourth-order valence-electron chi connectivity index (χ4n) is 3.39. The van der Waals surface area contributed by atoms with E-state index in [4.69, 9.17) is 10.00 Å². The minimum absolute atomic E-state index is 0.555. The molecule has 1 aromatic heterocycles. The number of aromatic nitrogens is 3. The Kier molecular flexibility index (Phi) is 6.45. The van der Waals surface area contributed by atoms with Crippen molar-refractivity contribution >= 4 is 11.8 Å². The Morgan fingerprint density at radius 3 is 2.48 bits per heavy atom. The third-order valence-corrected chi connectivity index (χ3v) is 5.74. The Hall–Kier alpha value is -2.82. The maximum absolute atomic E-state index is 8.87. The monoisotopic (exact) mass is 405 g/mol. The Labute approximate surface area is 175 Å². The molecule has 4 rings (SSSR count). The van der Waals surface area contributed by atoms with E-state index < -0.39 is 0 Å². The molecule has 0 saturated carbocycles. The third-order valence-electron chi connectivity index (χ3n) is 4.85. The van der Waals surface area contributed by atoms with E-state index in [-0.39, 0.29) is 0 Å². The zero-order valence-corrected chi connectivity index (χ0v) is 17.0. The molecule has 1 aliphatic rings. The largest absolute Gasteiger partial charge is 0.493 e. The highest BCUT2D eigenvalue weighted by Crippen LogP contribution is 2.24. The van der Waals surface area contributed by atoms with E-state index in [1.165, 1.54) is 12.8 Å². The molecule has 0 atom stereocenters. The van der Waals surface area contributed by atoms with Crippen LogP contribution in [0.25, 0.3) is 5.69 Å². The van der Waals surface area contributed by atoms with Crippen LogP contribution in [0.3, 0.4) is 0 Å². The molecule has 29 heavy (non-hydrogen) atoms. The number of para-hydroxylation sites is 1. The number of ether oxygens (including phenoxy) is 1. The third kappa shape index (κ3) is 4.97. The van der Waals surface area contributed by atoms with Gasteiger partial charge in [0, 0.05) is 11.4 Å². The molecule has 0 radical (unpaired) electrons. The van der Waals surface area contributed by atoms with Crippen LogP contribution in [0.4, 0.5) is 0 Å². The molecule has 1 aliphatic heterocycles. The van der Waals surface area contributed by atoms with Crippen molar-refractivity contribution in [3.8, 4) is 17.5 Å². The lowest BCUT2D eigenvalue weighted by molar-refractivity contribution is 0.319. The first-order valence-corrected chi connectivity index (χ1v) is 10.8. The maximum atomic E-state index is 8.87. The molecule has 0 N–H and O–H groups in total. The summed E-state index contributed by atoms with van der Waals surface area (Å²) in [6, 6.07) is 19.6. The van der Waals surface area contributed by atoms with Gasteiger partial charge in [0.2, 0.25) is 0 Å². The first-order valence-electron chi connectivity index (χ1n) is 9.81. The summed E-state index contributed by atoms with van der Waals surface area (Å²) in [5.74, 6) is 2.51. The van der Waals surface area contributed by atoms with Crippen LogP contribution in [0, 0.1) is 11.3 Å². The molecule has 1 fully saturated rings. The Balaban J connectivity index is 1.42. The van der Waals surface area contributed by atoms with Gasteiger partial charge in [0.05, 0.1) is 24.8 Å². The molecule has 1 saturated heterocycles. The summed E-state index contributed by atoms with van der Waals surface area (Å²) in [5.41, 5.74) is 1.72. The maximum Gasteiger partial charge on any atom is 0.195 e. The predicted octanol–water partition coefficient (Wildman–Crippen LogP) is 3.91. The van der Waals surface area contributed by atoms with Crippen molar-refractivity contribution in [2.75, 3.05) is 25.4 Å². The molecule has 3 aromatic rings. The summed E-state index contributed by atoms with van der Waals surface area (Å²) in [7, 11) is 0. The van der Waals surface area contributed by atoms with E-state index in [1.807, 2.05) is 30.3 Å². The summed E-state index contributed by atoms with van der Waals surface area (Å²) < 4.78 is 7.95. The van der Waals surface area contributed by atoms with E-state index in [9.17, 15) is 0 Å². The van der Waals surface area contributed by atoms with Crippen LogP contribution in [-0.4, -0.2) is 45.1 Å². The lowest BCUT2D eigenvalue weighted by atomic mass is 10.2. The van der Waals surface area contributed by atoms with Crippen molar-refractivity contribution in [1.82, 2.24) is 19.7 Å². The highest BCUT2D eigenvalue weighted by Gasteiger charge is 2.19. The summed E-state index contributed by atoms with van der Waals surface area (Å²) in [6.45, 7) is 3.63. The minimum Gasteiger partial charge on any atom is -0.493 e. The molecule has 7 heteroatoms. The normalized spacial score (nSPS) is 14.0. The van der Waals surface area contributed by atoms with Crippen molar-refractivity contribution in [2.45, 2.75) is 24.5 Å². The molecule has 0 spiro atoms. The van der Waals surface area contributed by atoms with Crippen molar-refractivity contribution < 1.29 is 4.74 Å². The number of hydrogen-bond acceptors (Lipinski definition) is 6. The van der Waals surface area contributed by atoms with E-state index in [0.29, 0.717) is 12.2 Å². The van der Waals surface area contributed by atoms with Gasteiger partial charge in [-0.05, 0) is 62.3 Å². The average molecular weight is 406 g/mol. The number of likely N-dealkylation sites (tertiary alicyclic amines) is 1. The van der Waals surface area contributed by atoms with Crippen LogP contribution >= 0.6 is 11.8 Å². The first-order chi connectivity index (χ1) is 14.3. The van der Waals surface area contributed by atoms with E-state index >= 15 is 0 Å². The molecular formula is C22H23N5OS. The molecule has 2 aromatic carbocycles. The number of hydrogen-bond donors (Lipinski definition) is 0. The lowest BCUT2D eigenvalue weighted by Gasteiger charge is -2.16. The molecule has 0 unspecified atom stereocenters. The fraction of sp³-hybridized carbons (Fsp3) is 0.318. The van der Waals surface area contributed by atoms with Gasteiger partial charge < -0.3 is 4.74 Å². The second-order valence-corrected chi connectivity index (χ2v) is 7.95. The van der Waals surface area contributed by atoms with E-state index in [1.54, 1.807) is 23.9 Å². The molecule has 0 amide bonds. The van der Waals surface area contributed by atoms with Crippen LogP contribution in [0.1, 0.15) is 24.2 Å². The van der Waals surface area contributed by atoms with Gasteiger partial charge in [0.1, 0.15) is 5.75 Å². The summed E-state index contributed by atoms with van der Waals surface area (Å²) in [6.07, 6.45) is 2.52. The van der Waals surface area contributed by atoms with Gasteiger partial charge in [-0.1, -0.05) is 30.0 Å². The van der Waals surface area contributed by atoms with Gasteiger partial charge in [0.25, 0.3) is 0 Å². The lowest BCUT2D eigenvalue weighted by Crippen LogP contribution is -2.21. The molecule has 6 nitrogen and oxygen atoms in total. The number of nitrogens with zero attached hydrogens (tertiary/aromatic N) is 5. The van der Waals surface area contributed by atoms with Gasteiger partial charge in [-0.25, -0.2) is 0 Å². The van der Waals surface area contributed by atoms with Crippen molar-refractivity contribution in [3.05, 3.63) is 66.0 Å². The Morgan fingerprint density at radius 2 is 1.76 bits per heavy atom. The van der Waals surface area contributed by atoms with Gasteiger partial charge in [-0.2, -0.15) is 5.26 Å². The number of thioether (sulfide) groups is 1. The standard InChI is InChI=1S/C22H23N5OS/c23-16-18-8-10-20(11-9-18)28-14-15-29-22-25-24-21(17-26-12-4-5-13-26)27(22)19-6-2-1-3-7-19/h1-3,6-11H,4-5,12-15,17H2. The van der Waals surface area contributed by atoms with E-state index in [2.05, 4.69) is 37.9 Å². The second-order valence-electron chi connectivity index (χ2n) is 6.89. The predicted molar refractivity (Wildman–Crippen MR) is 113 cm³/mol. The molecule has 0 bridgehead atoms. The Morgan fingerprint density at radius 1 is 1.00 bits per heavy atom. The number of nitriles is 1. The van der Waals surface area contributed by atoms with Crippen molar-refractivity contribution in [2.24, 2.45) is 0 Å². The van der Waals surface area contributed by atoms with Crippen LogP contribution in [0.5, 0.6) is 5.75 Å². The van der Waals surface area contributed by atoms with Crippen LogP contribution < -0.4 is 4.74 Å². The second kappa shape index (κ2) is 9.59. The molecule has 0 aliphatic carbocycles. The summed E-state index contributed by atoms with van der Waals surface area (Å²) in [4.78, 5) is 2.44. The molecule has 148 valence electrons. The quantitative estimate of drug-likeness (QED) is 0.418. The molecule has 2 heterocycles. The first kappa shape index (κ1) is 19.5. The van der Waals surface area contributed by atoms with E-state index in [0.717, 1.165) is 47.8 Å². The van der Waals surface area contributed by atoms with Gasteiger partial charge >= 0.3 is 0 Å². The smallest absolute Gasteiger partial charge is 0.195 e. The van der Waals surface area contributed by atoms with Crippen LogP contribution in [0.2, 0.25) is 0 Å². The fourth-order valence-corrected chi connectivity index (χ4v) is 4.18. The zero-order chi connectivity index (χ0) is 19.9. The van der Waals surface area contributed by atoms with Crippen LogP contribution in [-0.2, 0) is 6.54 Å². The highest BCUT2D eigenvalue weighted by molar-refractivity contribution is 7.99. The van der Waals surface area contributed by atoms with Crippen molar-refractivity contribution in [1.29, 1.82) is 5.26 Å². The highest BCUT2D eigenvalue weighted by atomic mass is 32.2. The molecular weight excluding hydrogens is 382 g/mol. The minimum atomic E-state index is 0.555. The van der Waals surface area contributed by atoms with Gasteiger partial charge in [-0.3, -0.25) is 9.47 Å². The Bertz CT molecular complexity index is 959. The average Bonchev–Trinajstić information content (AvgIpc) is 3.42. The SMILES string of the molecule is N#Cc1ccc(OCCSc2nnc(CN3CCCC3)n2-c2ccccc2)cc1.